The van der Waals surface area contributed by atoms with E-state index in [1.54, 1.807) is 7.11 Å². The van der Waals surface area contributed by atoms with Gasteiger partial charge in [0, 0.05) is 18.4 Å². The zero-order chi connectivity index (χ0) is 14.8. The minimum absolute atomic E-state index is 0.113. The first-order chi connectivity index (χ1) is 10.2. The molecule has 3 rings (SSSR count). The molecule has 0 aliphatic carbocycles. The van der Waals surface area contributed by atoms with E-state index in [9.17, 15) is 4.79 Å². The molecule has 1 aliphatic rings. The molecule has 108 valence electrons. The van der Waals surface area contributed by atoms with Crippen molar-refractivity contribution in [2.75, 3.05) is 13.7 Å². The van der Waals surface area contributed by atoms with Crippen LogP contribution in [0.5, 0.6) is 11.5 Å². The van der Waals surface area contributed by atoms with Gasteiger partial charge < -0.3 is 9.47 Å². The standard InChI is InChI=1S/C17H15BrO3/c1-20-17-4-2-11(8-14(17)18)9-15(19)12-3-5-16-13(10-12)6-7-21-16/h2-5,8,10H,6-7,9H2,1H3. The van der Waals surface area contributed by atoms with Crippen LogP contribution in [0.15, 0.2) is 40.9 Å². The molecule has 0 unspecified atom stereocenters. The van der Waals surface area contributed by atoms with E-state index in [1.807, 2.05) is 36.4 Å². The van der Waals surface area contributed by atoms with Crippen molar-refractivity contribution in [2.24, 2.45) is 0 Å². The van der Waals surface area contributed by atoms with Crippen LogP contribution in [0.4, 0.5) is 0 Å². The zero-order valence-corrected chi connectivity index (χ0v) is 13.3. The fourth-order valence-corrected chi connectivity index (χ4v) is 3.06. The number of rotatable bonds is 4. The van der Waals surface area contributed by atoms with Gasteiger partial charge in [0.1, 0.15) is 11.5 Å². The first-order valence-corrected chi connectivity index (χ1v) is 7.58. The monoisotopic (exact) mass is 346 g/mol. The van der Waals surface area contributed by atoms with E-state index in [4.69, 9.17) is 9.47 Å². The van der Waals surface area contributed by atoms with Gasteiger partial charge in [0.2, 0.25) is 0 Å². The maximum atomic E-state index is 12.4. The Hall–Kier alpha value is -1.81. The van der Waals surface area contributed by atoms with E-state index in [2.05, 4.69) is 15.9 Å². The Labute approximate surface area is 132 Å². The number of ether oxygens (including phenoxy) is 2. The average molecular weight is 347 g/mol. The summed E-state index contributed by atoms with van der Waals surface area (Å²) in [5.74, 6) is 1.78. The first kappa shape index (κ1) is 14.1. The van der Waals surface area contributed by atoms with Crippen molar-refractivity contribution < 1.29 is 14.3 Å². The fraction of sp³-hybridized carbons (Fsp3) is 0.235. The Morgan fingerprint density at radius 3 is 2.90 bits per heavy atom. The Balaban J connectivity index is 1.78. The lowest BCUT2D eigenvalue weighted by Gasteiger charge is -2.07. The number of methoxy groups -OCH3 is 1. The van der Waals surface area contributed by atoms with E-state index in [-0.39, 0.29) is 5.78 Å². The summed E-state index contributed by atoms with van der Waals surface area (Å²) in [5.41, 5.74) is 2.83. The molecule has 0 spiro atoms. The van der Waals surface area contributed by atoms with Crippen LogP contribution >= 0.6 is 15.9 Å². The van der Waals surface area contributed by atoms with Gasteiger partial charge in [-0.25, -0.2) is 0 Å². The highest BCUT2D eigenvalue weighted by Crippen LogP contribution is 2.28. The number of hydrogen-bond donors (Lipinski definition) is 0. The van der Waals surface area contributed by atoms with Crippen LogP contribution < -0.4 is 9.47 Å². The van der Waals surface area contributed by atoms with Gasteiger partial charge in [0.25, 0.3) is 0 Å². The van der Waals surface area contributed by atoms with Crippen LogP contribution in [0.3, 0.4) is 0 Å². The molecule has 2 aromatic rings. The number of ketones is 1. The number of hydrogen-bond acceptors (Lipinski definition) is 3. The van der Waals surface area contributed by atoms with Crippen molar-refractivity contribution in [3.8, 4) is 11.5 Å². The van der Waals surface area contributed by atoms with Crippen LogP contribution in [-0.4, -0.2) is 19.5 Å². The van der Waals surface area contributed by atoms with Crippen molar-refractivity contribution in [1.82, 2.24) is 0 Å². The maximum absolute atomic E-state index is 12.4. The van der Waals surface area contributed by atoms with E-state index in [0.29, 0.717) is 13.0 Å². The van der Waals surface area contributed by atoms with Gasteiger partial charge in [-0.3, -0.25) is 4.79 Å². The van der Waals surface area contributed by atoms with E-state index >= 15 is 0 Å². The molecule has 2 aromatic carbocycles. The van der Waals surface area contributed by atoms with Crippen LogP contribution in [-0.2, 0) is 12.8 Å². The second-order valence-electron chi connectivity index (χ2n) is 4.99. The third-order valence-electron chi connectivity index (χ3n) is 3.59. The largest absolute Gasteiger partial charge is 0.496 e. The van der Waals surface area contributed by atoms with Gasteiger partial charge in [0.05, 0.1) is 18.2 Å². The lowest BCUT2D eigenvalue weighted by atomic mass is 10.0. The molecular formula is C17H15BrO3. The lowest BCUT2D eigenvalue weighted by Crippen LogP contribution is -2.04. The zero-order valence-electron chi connectivity index (χ0n) is 11.7. The second-order valence-corrected chi connectivity index (χ2v) is 5.84. The summed E-state index contributed by atoms with van der Waals surface area (Å²) in [6.45, 7) is 0.707. The minimum atomic E-state index is 0.113. The maximum Gasteiger partial charge on any atom is 0.167 e. The number of halogens is 1. The molecule has 0 saturated carbocycles. The Morgan fingerprint density at radius 2 is 2.14 bits per heavy atom. The van der Waals surface area contributed by atoms with Crippen LogP contribution in [0.25, 0.3) is 0 Å². The van der Waals surface area contributed by atoms with Gasteiger partial charge in [-0.1, -0.05) is 6.07 Å². The second kappa shape index (κ2) is 5.90. The topological polar surface area (TPSA) is 35.5 Å². The number of fused-ring (bicyclic) bond motifs is 1. The van der Waals surface area contributed by atoms with Gasteiger partial charge in [-0.05, 0) is 57.4 Å². The van der Waals surface area contributed by atoms with E-state index in [1.165, 1.54) is 0 Å². The first-order valence-electron chi connectivity index (χ1n) is 6.79. The number of Topliss-reactive ketones (excluding diaryl/α,β-unsaturated/α-hetero) is 1. The predicted molar refractivity (Wildman–Crippen MR) is 84.4 cm³/mol. The molecule has 0 amide bonds. The molecule has 0 fully saturated rings. The van der Waals surface area contributed by atoms with Gasteiger partial charge in [-0.2, -0.15) is 0 Å². The highest BCUT2D eigenvalue weighted by Gasteiger charge is 2.15. The summed E-state index contributed by atoms with van der Waals surface area (Å²) in [4.78, 5) is 12.4. The molecule has 1 heterocycles. The Morgan fingerprint density at radius 1 is 1.29 bits per heavy atom. The Bertz CT molecular complexity index is 694. The lowest BCUT2D eigenvalue weighted by molar-refractivity contribution is 0.0993. The number of carbonyl (C=O) groups excluding carboxylic acids is 1. The highest BCUT2D eigenvalue weighted by molar-refractivity contribution is 9.10. The molecule has 0 atom stereocenters. The number of carbonyl (C=O) groups is 1. The van der Waals surface area contributed by atoms with Crippen molar-refractivity contribution >= 4 is 21.7 Å². The summed E-state index contributed by atoms with van der Waals surface area (Å²) in [5, 5.41) is 0. The SMILES string of the molecule is COc1ccc(CC(=O)c2ccc3c(c2)CCO3)cc1Br. The molecule has 21 heavy (non-hydrogen) atoms. The van der Waals surface area contributed by atoms with Crippen molar-refractivity contribution in [3.63, 3.8) is 0 Å². The van der Waals surface area contributed by atoms with Gasteiger partial charge in [-0.15, -0.1) is 0 Å². The summed E-state index contributed by atoms with van der Waals surface area (Å²) >= 11 is 3.44. The molecular weight excluding hydrogens is 332 g/mol. The smallest absolute Gasteiger partial charge is 0.167 e. The quantitative estimate of drug-likeness (QED) is 0.789. The van der Waals surface area contributed by atoms with Crippen LogP contribution in [0.1, 0.15) is 21.5 Å². The summed E-state index contributed by atoms with van der Waals surface area (Å²) in [6, 6.07) is 11.4. The third kappa shape index (κ3) is 2.95. The Kier molecular flexibility index (Phi) is 3.97. The average Bonchev–Trinajstić information content (AvgIpc) is 2.94. The summed E-state index contributed by atoms with van der Waals surface area (Å²) in [6.07, 6.45) is 1.26. The molecule has 1 aliphatic heterocycles. The van der Waals surface area contributed by atoms with E-state index < -0.39 is 0 Å². The van der Waals surface area contributed by atoms with E-state index in [0.717, 1.165) is 39.1 Å². The predicted octanol–water partition coefficient (Wildman–Crippen LogP) is 3.82. The van der Waals surface area contributed by atoms with Gasteiger partial charge >= 0.3 is 0 Å². The van der Waals surface area contributed by atoms with Gasteiger partial charge in [0.15, 0.2) is 5.78 Å². The molecule has 0 radical (unpaired) electrons. The van der Waals surface area contributed by atoms with Crippen molar-refractivity contribution in [2.45, 2.75) is 12.8 Å². The minimum Gasteiger partial charge on any atom is -0.496 e. The molecule has 4 heteroatoms. The molecule has 0 saturated heterocycles. The number of benzene rings is 2. The third-order valence-corrected chi connectivity index (χ3v) is 4.21. The summed E-state index contributed by atoms with van der Waals surface area (Å²) < 4.78 is 11.5. The molecule has 3 nitrogen and oxygen atoms in total. The van der Waals surface area contributed by atoms with Crippen LogP contribution in [0, 0.1) is 0 Å². The summed E-state index contributed by atoms with van der Waals surface area (Å²) in [7, 11) is 1.62. The molecule has 0 aromatic heterocycles. The fourth-order valence-electron chi connectivity index (χ4n) is 2.47. The molecule has 0 N–H and O–H groups in total. The normalized spacial score (nSPS) is 12.7. The molecule has 0 bridgehead atoms. The van der Waals surface area contributed by atoms with Crippen molar-refractivity contribution in [3.05, 3.63) is 57.6 Å². The van der Waals surface area contributed by atoms with Crippen LogP contribution in [0.2, 0.25) is 0 Å². The highest BCUT2D eigenvalue weighted by atomic mass is 79.9. The van der Waals surface area contributed by atoms with Crippen molar-refractivity contribution in [1.29, 1.82) is 0 Å².